The topological polar surface area (TPSA) is 46.1 Å². The van der Waals surface area contributed by atoms with E-state index in [0.29, 0.717) is 10.9 Å². The van der Waals surface area contributed by atoms with E-state index >= 15 is 0 Å². The molecule has 0 unspecified atom stereocenters. The van der Waals surface area contributed by atoms with Gasteiger partial charge < -0.3 is 0 Å². The van der Waals surface area contributed by atoms with E-state index in [1.807, 2.05) is 0 Å². The highest BCUT2D eigenvalue weighted by atomic mass is 32.2. The molecule has 4 nitrogen and oxygen atoms in total. The van der Waals surface area contributed by atoms with Crippen LogP contribution in [0.1, 0.15) is 54.5 Å². The number of anilines is 1. The van der Waals surface area contributed by atoms with Crippen molar-refractivity contribution in [2.24, 2.45) is 17.8 Å². The van der Waals surface area contributed by atoms with Crippen molar-refractivity contribution in [2.45, 2.75) is 49.3 Å². The van der Waals surface area contributed by atoms with Crippen LogP contribution in [0.2, 0.25) is 0 Å². The Morgan fingerprint density at radius 2 is 1.64 bits per heavy atom. The summed E-state index contributed by atoms with van der Waals surface area (Å²) in [7, 11) is 0. The van der Waals surface area contributed by atoms with Crippen molar-refractivity contribution in [2.75, 3.05) is 10.7 Å². The summed E-state index contributed by atoms with van der Waals surface area (Å²) in [6, 6.07) is 6.44. The smallest absolute Gasteiger partial charge is 0.240 e. The molecule has 0 radical (unpaired) electrons. The largest absolute Gasteiger partial charge is 0.273 e. The molecule has 5 fully saturated rings. The molecule has 1 aromatic heterocycles. The summed E-state index contributed by atoms with van der Waals surface area (Å²) in [5.74, 6) is 2.80. The number of benzene rings is 1. The lowest BCUT2D eigenvalue weighted by atomic mass is 9.50. The van der Waals surface area contributed by atoms with E-state index in [1.165, 1.54) is 50.7 Å². The number of aromatic nitrogens is 2. The van der Waals surface area contributed by atoms with E-state index in [1.54, 1.807) is 40.1 Å². The zero-order valence-electron chi connectivity index (χ0n) is 15.5. The minimum Gasteiger partial charge on any atom is -0.273 e. The average molecular weight is 416 g/mol. The molecule has 146 valence electrons. The molecule has 4 bridgehead atoms. The maximum Gasteiger partial charge on any atom is 0.240 e. The Labute approximate surface area is 171 Å². The number of carbonyl (C=O) groups is 1. The maximum atomic E-state index is 13.3. The van der Waals surface area contributed by atoms with E-state index in [0.717, 1.165) is 28.3 Å². The molecule has 1 aliphatic heterocycles. The number of halogens is 1. The van der Waals surface area contributed by atoms with Gasteiger partial charge in [0.05, 0.1) is 5.75 Å². The number of hydrogen-bond acceptors (Lipinski definition) is 5. The first-order valence-corrected chi connectivity index (χ1v) is 12.0. The molecule has 0 N–H and O–H groups in total. The Balaban J connectivity index is 1.33. The third kappa shape index (κ3) is 2.65. The van der Waals surface area contributed by atoms with Gasteiger partial charge in [0.2, 0.25) is 11.0 Å². The SMILES string of the molecule is O=C1CS[C@H](c2ccc(F)cc2)N1c1nnc(C23CC4CC(CC(C4)C2)C3)s1. The van der Waals surface area contributed by atoms with E-state index in [2.05, 4.69) is 10.2 Å². The van der Waals surface area contributed by atoms with Crippen molar-refractivity contribution in [3.63, 3.8) is 0 Å². The second-order valence-corrected chi connectivity index (χ2v) is 11.1. The Bertz CT molecular complexity index is 893. The Morgan fingerprint density at radius 1 is 1.00 bits per heavy atom. The summed E-state index contributed by atoms with van der Waals surface area (Å²) < 4.78 is 13.3. The fourth-order valence-corrected chi connectivity index (χ4v) is 8.74. The molecule has 28 heavy (non-hydrogen) atoms. The standard InChI is InChI=1S/C21H22FN3OS2/c22-16-3-1-15(2-4-16)18-25(17(26)11-27-18)20-24-23-19(28-20)21-8-12-5-13(9-21)7-14(6-12)10-21/h1-4,12-14,18H,5-11H2/t12?,13?,14?,18-,21?/m1/s1. The first-order valence-electron chi connectivity index (χ1n) is 10.1. The van der Waals surface area contributed by atoms with Gasteiger partial charge in [0.15, 0.2) is 0 Å². The predicted octanol–water partition coefficient (Wildman–Crippen LogP) is 4.92. The van der Waals surface area contributed by atoms with Gasteiger partial charge in [0, 0.05) is 5.41 Å². The molecule has 4 saturated carbocycles. The molecule has 1 atom stereocenters. The van der Waals surface area contributed by atoms with Crippen LogP contribution in [0.4, 0.5) is 9.52 Å². The molecule has 5 aliphatic rings. The molecule has 1 aromatic carbocycles. The molecule has 1 saturated heterocycles. The molecule has 2 heterocycles. The van der Waals surface area contributed by atoms with Gasteiger partial charge in [-0.25, -0.2) is 4.39 Å². The normalized spacial score (nSPS) is 36.5. The Kier molecular flexibility index (Phi) is 3.89. The molecule has 0 spiro atoms. The van der Waals surface area contributed by atoms with Gasteiger partial charge in [0.1, 0.15) is 16.2 Å². The minimum atomic E-state index is -0.260. The summed E-state index contributed by atoms with van der Waals surface area (Å²) >= 11 is 3.19. The molecule has 4 aliphatic carbocycles. The summed E-state index contributed by atoms with van der Waals surface area (Å²) in [4.78, 5) is 14.4. The highest BCUT2D eigenvalue weighted by Gasteiger charge is 2.53. The highest BCUT2D eigenvalue weighted by molar-refractivity contribution is 8.00. The molecule has 7 heteroatoms. The van der Waals surface area contributed by atoms with E-state index in [9.17, 15) is 9.18 Å². The van der Waals surface area contributed by atoms with Crippen LogP contribution in [-0.4, -0.2) is 21.9 Å². The van der Waals surface area contributed by atoms with Crippen molar-refractivity contribution in [3.8, 4) is 0 Å². The Morgan fingerprint density at radius 3 is 2.29 bits per heavy atom. The van der Waals surface area contributed by atoms with Gasteiger partial charge in [-0.3, -0.25) is 9.69 Å². The van der Waals surface area contributed by atoms with Crippen LogP contribution in [0.3, 0.4) is 0 Å². The number of nitrogens with zero attached hydrogens (tertiary/aromatic N) is 3. The quantitative estimate of drug-likeness (QED) is 0.714. The third-order valence-corrected chi connectivity index (χ3v) is 9.52. The highest BCUT2D eigenvalue weighted by Crippen LogP contribution is 2.61. The zero-order valence-corrected chi connectivity index (χ0v) is 17.1. The van der Waals surface area contributed by atoms with Gasteiger partial charge >= 0.3 is 0 Å². The lowest BCUT2D eigenvalue weighted by Crippen LogP contribution is -2.48. The van der Waals surface area contributed by atoms with E-state index in [-0.39, 0.29) is 22.5 Å². The molecule has 7 rings (SSSR count). The lowest BCUT2D eigenvalue weighted by Gasteiger charge is -2.55. The van der Waals surface area contributed by atoms with Crippen LogP contribution in [0.15, 0.2) is 24.3 Å². The Hall–Kier alpha value is -1.47. The summed E-state index contributed by atoms with van der Waals surface area (Å²) in [6.07, 6.45) is 7.95. The van der Waals surface area contributed by atoms with Crippen molar-refractivity contribution in [1.29, 1.82) is 0 Å². The van der Waals surface area contributed by atoms with Crippen molar-refractivity contribution in [3.05, 3.63) is 40.7 Å². The number of thioether (sulfide) groups is 1. The zero-order chi connectivity index (χ0) is 18.9. The van der Waals surface area contributed by atoms with Crippen molar-refractivity contribution in [1.82, 2.24) is 10.2 Å². The van der Waals surface area contributed by atoms with Crippen molar-refractivity contribution < 1.29 is 9.18 Å². The van der Waals surface area contributed by atoms with Crippen molar-refractivity contribution >= 4 is 34.1 Å². The number of hydrogen-bond donors (Lipinski definition) is 0. The first-order chi connectivity index (χ1) is 13.6. The van der Waals surface area contributed by atoms with Crippen LogP contribution < -0.4 is 4.90 Å². The number of rotatable bonds is 3. The second-order valence-electron chi connectivity index (χ2n) is 9.07. The monoisotopic (exact) mass is 415 g/mol. The summed E-state index contributed by atoms with van der Waals surface area (Å²) in [5.41, 5.74) is 1.13. The summed E-state index contributed by atoms with van der Waals surface area (Å²) in [5, 5.41) is 10.8. The van der Waals surface area contributed by atoms with Crippen LogP contribution >= 0.6 is 23.1 Å². The van der Waals surface area contributed by atoms with Gasteiger partial charge in [-0.05, 0) is 74.0 Å². The molecule has 2 aromatic rings. The molecular formula is C21H22FN3OS2. The van der Waals surface area contributed by atoms with Gasteiger partial charge in [0.25, 0.3) is 0 Å². The molecule has 1 amide bonds. The second kappa shape index (κ2) is 6.26. The van der Waals surface area contributed by atoms with E-state index in [4.69, 9.17) is 0 Å². The van der Waals surface area contributed by atoms with Crippen LogP contribution in [0, 0.1) is 23.6 Å². The third-order valence-electron chi connectivity index (χ3n) is 7.14. The molecular weight excluding hydrogens is 393 g/mol. The summed E-state index contributed by atoms with van der Waals surface area (Å²) in [6.45, 7) is 0. The average Bonchev–Trinajstić information content (AvgIpc) is 3.28. The minimum absolute atomic E-state index is 0.0625. The maximum absolute atomic E-state index is 13.3. The van der Waals surface area contributed by atoms with Crippen LogP contribution in [0.25, 0.3) is 0 Å². The van der Waals surface area contributed by atoms with Gasteiger partial charge in [-0.1, -0.05) is 23.5 Å². The van der Waals surface area contributed by atoms with Gasteiger partial charge in [-0.15, -0.1) is 22.0 Å². The van der Waals surface area contributed by atoms with Crippen LogP contribution in [0.5, 0.6) is 0 Å². The van der Waals surface area contributed by atoms with E-state index < -0.39 is 0 Å². The fourth-order valence-electron chi connectivity index (χ4n) is 6.40. The first kappa shape index (κ1) is 17.4. The number of carbonyl (C=O) groups excluding carboxylic acids is 1. The fraction of sp³-hybridized carbons (Fsp3) is 0.571. The predicted molar refractivity (Wildman–Crippen MR) is 109 cm³/mol. The lowest BCUT2D eigenvalue weighted by molar-refractivity contribution is -0.115. The van der Waals surface area contributed by atoms with Gasteiger partial charge in [-0.2, -0.15) is 0 Å². The number of amides is 1. The van der Waals surface area contributed by atoms with Crippen LogP contribution in [-0.2, 0) is 10.2 Å².